The molecule has 1 aromatic carbocycles. The number of nitrogens with two attached hydrogens (primary N) is 1. The van der Waals surface area contributed by atoms with E-state index in [9.17, 15) is 4.39 Å². The first-order valence-corrected chi connectivity index (χ1v) is 14.4. The van der Waals surface area contributed by atoms with Crippen LogP contribution in [0.4, 0.5) is 14.6 Å². The molecule has 4 aromatic rings. The number of aromatic amines is 2. The Morgan fingerprint density at radius 2 is 1.98 bits per heavy atom. The van der Waals surface area contributed by atoms with E-state index in [2.05, 4.69) is 57.9 Å². The van der Waals surface area contributed by atoms with Crippen LogP contribution in [0.3, 0.4) is 0 Å². The molecule has 14 heteroatoms. The maximum absolute atomic E-state index is 15.0. The van der Waals surface area contributed by atoms with Crippen LogP contribution in [0, 0.1) is 18.6 Å². The zero-order chi connectivity index (χ0) is 32.1. The number of H-pyrrole nitrogens is 2. The molecule has 0 amide bonds. The number of benzene rings is 1. The largest absolute Gasteiger partial charge is 0.468 e. The number of piperidine rings is 1. The third-order valence-corrected chi connectivity index (χ3v) is 6.58. The molecule has 4 heterocycles. The molecule has 236 valence electrons. The van der Waals surface area contributed by atoms with E-state index in [1.807, 2.05) is 43.7 Å². The van der Waals surface area contributed by atoms with Gasteiger partial charge in [-0.1, -0.05) is 19.9 Å². The molecule has 0 unspecified atom stereocenters. The predicted octanol–water partition coefficient (Wildman–Crippen LogP) is 5.43. The van der Waals surface area contributed by atoms with Gasteiger partial charge in [-0.2, -0.15) is 10.2 Å². The molecule has 1 saturated heterocycles. The van der Waals surface area contributed by atoms with Crippen molar-refractivity contribution in [2.75, 3.05) is 32.2 Å². The zero-order valence-corrected chi connectivity index (χ0v) is 25.8. The maximum atomic E-state index is 15.0. The predicted molar refractivity (Wildman–Crippen MR) is 172 cm³/mol. The first kappa shape index (κ1) is 33.6. The smallest absolute Gasteiger partial charge is 0.181 e. The number of nitrogens with zero attached hydrogens (tertiary/aromatic N) is 7. The molecule has 0 aliphatic carbocycles. The fourth-order valence-electron chi connectivity index (χ4n) is 4.65. The van der Waals surface area contributed by atoms with Crippen LogP contribution in [0.15, 0.2) is 58.8 Å². The lowest BCUT2D eigenvalue weighted by Gasteiger charge is -2.33. The topological polar surface area (TPSA) is 150 Å². The third kappa shape index (κ3) is 8.37. The lowest BCUT2D eigenvalue weighted by atomic mass is 10.1. The van der Waals surface area contributed by atoms with E-state index in [0.717, 1.165) is 24.6 Å². The van der Waals surface area contributed by atoms with Gasteiger partial charge in [-0.15, -0.1) is 0 Å². The normalized spacial score (nSPS) is 14.2. The van der Waals surface area contributed by atoms with Crippen LogP contribution >= 0.6 is 0 Å². The first-order chi connectivity index (χ1) is 21.4. The summed E-state index contributed by atoms with van der Waals surface area (Å²) in [5.74, 6) is 0.0616. The van der Waals surface area contributed by atoms with Gasteiger partial charge >= 0.3 is 0 Å². The molecule has 5 N–H and O–H groups in total. The third-order valence-electron chi connectivity index (χ3n) is 6.58. The van der Waals surface area contributed by atoms with Gasteiger partial charge in [0.25, 0.3) is 0 Å². The molecule has 44 heavy (non-hydrogen) atoms. The summed E-state index contributed by atoms with van der Waals surface area (Å²) in [5.41, 5.74) is 6.08. The summed E-state index contributed by atoms with van der Waals surface area (Å²) in [5, 5.41) is 14.7. The molecule has 3 aromatic heterocycles. The van der Waals surface area contributed by atoms with Crippen molar-refractivity contribution >= 4 is 35.3 Å². The Balaban J connectivity index is 0.00000127. The van der Waals surface area contributed by atoms with E-state index < -0.39 is 11.6 Å². The van der Waals surface area contributed by atoms with E-state index in [1.165, 1.54) is 13.4 Å². The second-order valence-corrected chi connectivity index (χ2v) is 9.32. The van der Waals surface area contributed by atoms with Gasteiger partial charge in [0.05, 0.1) is 17.3 Å². The molecule has 0 spiro atoms. The van der Waals surface area contributed by atoms with Crippen LogP contribution < -0.4 is 15.8 Å². The van der Waals surface area contributed by atoms with Crippen molar-refractivity contribution in [2.24, 2.45) is 15.7 Å². The molecule has 0 bridgehead atoms. The second kappa shape index (κ2) is 16.7. The molecule has 0 radical (unpaired) electrons. The number of hydrogen-bond donors (Lipinski definition) is 4. The van der Waals surface area contributed by atoms with Gasteiger partial charge in [0.2, 0.25) is 0 Å². The average Bonchev–Trinajstić information content (AvgIpc) is 3.83. The van der Waals surface area contributed by atoms with Crippen molar-refractivity contribution in [3.8, 4) is 5.75 Å². The van der Waals surface area contributed by atoms with E-state index in [0.29, 0.717) is 36.3 Å². The van der Waals surface area contributed by atoms with Crippen LogP contribution in [0.5, 0.6) is 5.75 Å². The number of aryl methyl sites for hydroxylation is 1. The Bertz CT molecular complexity index is 1560. The Morgan fingerprint density at radius 3 is 2.64 bits per heavy atom. The van der Waals surface area contributed by atoms with Crippen molar-refractivity contribution in [1.82, 2.24) is 34.8 Å². The van der Waals surface area contributed by atoms with Crippen LogP contribution in [0.1, 0.15) is 51.0 Å². The Kier molecular flexibility index (Phi) is 12.8. The van der Waals surface area contributed by atoms with E-state index in [1.54, 1.807) is 25.4 Å². The number of ether oxygens (including phenoxy) is 1. The molecule has 5 rings (SSSR count). The summed E-state index contributed by atoms with van der Waals surface area (Å²) in [6.45, 7) is 12.4. The first-order valence-electron chi connectivity index (χ1n) is 14.4. The standard InChI is InChI=1S/C27H30F2N10O.C2H6.CH5N/c1-4-5-18-11-24(37-36-18)35-23(30-3)13-25(38-8-6-19(7-9-38)39-15-31-14-33-39)32-16-40-22-12-21(28)27-20(26(22)29)10-17(2)34-27;2*1-2/h4-5,10-15,19,34H,3,6-9,16H2,1-2H3,(H2,35,36,37);1-2H3;2H2,1H3/b5-4+,23-13+,32-25+;;. The van der Waals surface area contributed by atoms with Crippen molar-refractivity contribution < 1.29 is 13.5 Å². The zero-order valence-electron chi connectivity index (χ0n) is 25.8. The van der Waals surface area contributed by atoms with Gasteiger partial charge in [0.1, 0.15) is 24.3 Å². The maximum Gasteiger partial charge on any atom is 0.181 e. The highest BCUT2D eigenvalue weighted by Gasteiger charge is 2.23. The van der Waals surface area contributed by atoms with Gasteiger partial charge < -0.3 is 25.7 Å². The summed E-state index contributed by atoms with van der Waals surface area (Å²) in [6, 6.07) is 4.62. The Hall–Kier alpha value is -4.85. The number of halogens is 2. The van der Waals surface area contributed by atoms with Crippen LogP contribution in [-0.2, 0) is 0 Å². The molecule has 12 nitrogen and oxygen atoms in total. The van der Waals surface area contributed by atoms with Gasteiger partial charge in [-0.25, -0.2) is 28.4 Å². The van der Waals surface area contributed by atoms with Crippen LogP contribution in [0.2, 0.25) is 0 Å². The lowest BCUT2D eigenvalue weighted by molar-refractivity contribution is 0.250. The number of fused-ring (bicyclic) bond motifs is 1. The monoisotopic (exact) mass is 609 g/mol. The highest BCUT2D eigenvalue weighted by molar-refractivity contribution is 5.94. The van der Waals surface area contributed by atoms with Crippen molar-refractivity contribution in [3.05, 3.63) is 71.8 Å². The average molecular weight is 610 g/mol. The summed E-state index contributed by atoms with van der Waals surface area (Å²) >= 11 is 0. The van der Waals surface area contributed by atoms with Gasteiger partial charge in [0.15, 0.2) is 29.9 Å². The summed E-state index contributed by atoms with van der Waals surface area (Å²) < 4.78 is 37.1. The van der Waals surface area contributed by atoms with Crippen LogP contribution in [0.25, 0.3) is 17.0 Å². The minimum absolute atomic E-state index is 0.105. The van der Waals surface area contributed by atoms with Gasteiger partial charge in [-0.05, 0) is 52.6 Å². The molecular weight excluding hydrogens is 568 g/mol. The number of rotatable bonds is 9. The number of amidine groups is 1. The van der Waals surface area contributed by atoms with Gasteiger partial charge in [0, 0.05) is 42.4 Å². The summed E-state index contributed by atoms with van der Waals surface area (Å²) in [6.07, 6.45) is 10.4. The fourth-order valence-corrected chi connectivity index (χ4v) is 4.65. The van der Waals surface area contributed by atoms with Crippen molar-refractivity contribution in [2.45, 2.75) is 46.6 Å². The number of aromatic nitrogens is 6. The van der Waals surface area contributed by atoms with E-state index >= 15 is 4.39 Å². The minimum atomic E-state index is -0.646. The highest BCUT2D eigenvalue weighted by Crippen LogP contribution is 2.30. The number of nitrogens with one attached hydrogen (secondary N) is 3. The minimum Gasteiger partial charge on any atom is -0.468 e. The summed E-state index contributed by atoms with van der Waals surface area (Å²) in [7, 11) is 1.50. The highest BCUT2D eigenvalue weighted by atomic mass is 19.1. The van der Waals surface area contributed by atoms with Crippen LogP contribution in [-0.4, -0.2) is 74.3 Å². The van der Waals surface area contributed by atoms with E-state index in [4.69, 9.17) is 4.74 Å². The lowest BCUT2D eigenvalue weighted by Crippen LogP contribution is -2.39. The summed E-state index contributed by atoms with van der Waals surface area (Å²) in [4.78, 5) is 17.6. The SMILES string of the molecule is C=N/C(=C\C(=N/COc1cc(F)c2[nH]c(C)cc2c1F)N1CCC(n2cncn2)CC1)Nc1cc(/C=C/C)[nH]n1.CC.CN. The Morgan fingerprint density at radius 1 is 1.23 bits per heavy atom. The number of allylic oxidation sites excluding steroid dienone is 1. The second-order valence-electron chi connectivity index (χ2n) is 9.32. The van der Waals surface area contributed by atoms with Crippen molar-refractivity contribution in [1.29, 1.82) is 0 Å². The number of aliphatic imine (C=N–C) groups is 2. The molecule has 1 fully saturated rings. The van der Waals surface area contributed by atoms with E-state index in [-0.39, 0.29) is 29.4 Å². The molecule has 1 aliphatic rings. The molecular formula is C30H41F2N11O. The van der Waals surface area contributed by atoms with Gasteiger partial charge in [-0.3, -0.25) is 5.10 Å². The molecule has 0 saturated carbocycles. The molecule has 0 atom stereocenters. The van der Waals surface area contributed by atoms with Crippen molar-refractivity contribution in [3.63, 3.8) is 0 Å². The fraction of sp³-hybridized carbons (Fsp3) is 0.367. The quantitative estimate of drug-likeness (QED) is 0.146. The number of hydrogen-bond acceptors (Lipinski definition) is 8. The molecule has 1 aliphatic heterocycles. The number of likely N-dealkylation sites (tertiary alicyclic amines) is 1. The Labute approximate surface area is 255 Å². The number of anilines is 1.